The topological polar surface area (TPSA) is 114 Å². The van der Waals surface area contributed by atoms with Crippen molar-refractivity contribution in [3.05, 3.63) is 29.8 Å². The molecule has 2 aliphatic rings. The van der Waals surface area contributed by atoms with Gasteiger partial charge in [-0.25, -0.2) is 4.79 Å². The van der Waals surface area contributed by atoms with Crippen molar-refractivity contribution in [3.63, 3.8) is 0 Å². The van der Waals surface area contributed by atoms with Crippen LogP contribution in [-0.4, -0.2) is 55.0 Å². The quantitative estimate of drug-likeness (QED) is 0.542. The first kappa shape index (κ1) is 19.7. The number of fused-ring (bicyclic) bond motifs is 2. The summed E-state index contributed by atoms with van der Waals surface area (Å²) in [6.45, 7) is 3.58. The highest BCUT2D eigenvalue weighted by molar-refractivity contribution is 6.09. The van der Waals surface area contributed by atoms with Crippen molar-refractivity contribution < 1.29 is 28.7 Å². The van der Waals surface area contributed by atoms with Gasteiger partial charge in [0, 0.05) is 18.5 Å². The lowest BCUT2D eigenvalue weighted by Gasteiger charge is -2.33. The van der Waals surface area contributed by atoms with E-state index in [-0.39, 0.29) is 18.9 Å². The number of esters is 1. The molecule has 28 heavy (non-hydrogen) atoms. The third-order valence-electron chi connectivity index (χ3n) is 4.62. The largest absolute Gasteiger partial charge is 0.493 e. The summed E-state index contributed by atoms with van der Waals surface area (Å²) in [6, 6.07) is 6.29. The molecule has 1 spiro atoms. The molecule has 0 radical (unpaired) electrons. The van der Waals surface area contributed by atoms with E-state index in [0.717, 1.165) is 4.90 Å². The Labute approximate surface area is 162 Å². The first-order valence-electron chi connectivity index (χ1n) is 9.12. The molecule has 1 aromatic rings. The molecular weight excluding hydrogens is 366 g/mol. The molecule has 4 amide bonds. The first-order chi connectivity index (χ1) is 13.3. The fraction of sp³-hybridized carbons (Fsp3) is 0.474. The highest BCUT2D eigenvalue weighted by Crippen LogP contribution is 2.40. The van der Waals surface area contributed by atoms with Crippen molar-refractivity contribution >= 4 is 23.8 Å². The van der Waals surface area contributed by atoms with E-state index in [4.69, 9.17) is 9.47 Å². The second-order valence-electron chi connectivity index (χ2n) is 7.18. The molecule has 0 saturated carbocycles. The van der Waals surface area contributed by atoms with E-state index >= 15 is 0 Å². The van der Waals surface area contributed by atoms with Gasteiger partial charge < -0.3 is 20.1 Å². The predicted molar refractivity (Wildman–Crippen MR) is 97.3 cm³/mol. The standard InChI is InChI=1S/C19H23N3O6/c1-12(2)9-20-15(23)11-28-16(24)10-22-17(25)19(21-18(22)26)7-8-27-14-6-4-3-5-13(14)19/h3-6,12H,7-11H2,1-2H3,(H,20,23)(H,21,26)/t19-/m0/s1. The third-order valence-corrected chi connectivity index (χ3v) is 4.62. The number of hydrogen-bond donors (Lipinski definition) is 2. The van der Waals surface area contributed by atoms with E-state index < -0.39 is 42.5 Å². The summed E-state index contributed by atoms with van der Waals surface area (Å²) in [7, 11) is 0. The van der Waals surface area contributed by atoms with Gasteiger partial charge in [-0.3, -0.25) is 19.3 Å². The van der Waals surface area contributed by atoms with E-state index in [2.05, 4.69) is 10.6 Å². The van der Waals surface area contributed by atoms with E-state index in [0.29, 0.717) is 17.9 Å². The Morgan fingerprint density at radius 1 is 1.32 bits per heavy atom. The number of hydrogen-bond acceptors (Lipinski definition) is 6. The molecule has 2 heterocycles. The Balaban J connectivity index is 1.64. The molecule has 3 rings (SSSR count). The van der Waals surface area contributed by atoms with Crippen molar-refractivity contribution in [3.8, 4) is 5.75 Å². The Morgan fingerprint density at radius 3 is 2.82 bits per heavy atom. The summed E-state index contributed by atoms with van der Waals surface area (Å²) in [5, 5.41) is 5.32. The van der Waals surface area contributed by atoms with Gasteiger partial charge in [0.2, 0.25) is 0 Å². The molecule has 9 heteroatoms. The average Bonchev–Trinajstić information content (AvgIpc) is 2.90. The van der Waals surface area contributed by atoms with Gasteiger partial charge in [-0.15, -0.1) is 0 Å². The van der Waals surface area contributed by atoms with Gasteiger partial charge in [0.1, 0.15) is 12.3 Å². The lowest BCUT2D eigenvalue weighted by atomic mass is 9.84. The Kier molecular flexibility index (Phi) is 5.53. The third kappa shape index (κ3) is 3.78. The highest BCUT2D eigenvalue weighted by atomic mass is 16.5. The molecule has 1 fully saturated rings. The number of ether oxygens (including phenoxy) is 2. The number of carbonyl (C=O) groups excluding carboxylic acids is 4. The predicted octanol–water partition coefficient (Wildman–Crippen LogP) is 0.532. The number of benzene rings is 1. The van der Waals surface area contributed by atoms with Crippen LogP contribution in [0.25, 0.3) is 0 Å². The zero-order valence-electron chi connectivity index (χ0n) is 15.8. The summed E-state index contributed by atoms with van der Waals surface area (Å²) in [5.74, 6) is -1.01. The Hall–Kier alpha value is -3.10. The number of rotatable bonds is 6. The number of urea groups is 1. The zero-order valence-corrected chi connectivity index (χ0v) is 15.8. The maximum Gasteiger partial charge on any atom is 0.326 e. The van der Waals surface area contributed by atoms with Crippen molar-refractivity contribution in [1.29, 1.82) is 0 Å². The van der Waals surface area contributed by atoms with E-state index in [9.17, 15) is 19.2 Å². The number of nitrogens with zero attached hydrogens (tertiary/aromatic N) is 1. The SMILES string of the molecule is CC(C)CNC(=O)COC(=O)CN1C(=O)N[C@]2(CCOc3ccccc32)C1=O. The van der Waals surface area contributed by atoms with Crippen LogP contribution in [0.3, 0.4) is 0 Å². The number of nitrogens with one attached hydrogen (secondary N) is 2. The molecule has 0 aliphatic carbocycles. The van der Waals surface area contributed by atoms with Crippen LogP contribution in [0.15, 0.2) is 24.3 Å². The van der Waals surface area contributed by atoms with Crippen molar-refractivity contribution in [2.24, 2.45) is 5.92 Å². The normalized spacial score (nSPS) is 20.6. The molecule has 0 bridgehead atoms. The zero-order chi connectivity index (χ0) is 20.3. The van der Waals surface area contributed by atoms with Crippen LogP contribution in [0.1, 0.15) is 25.8 Å². The van der Waals surface area contributed by atoms with Crippen molar-refractivity contribution in [2.75, 3.05) is 26.3 Å². The molecule has 2 N–H and O–H groups in total. The van der Waals surface area contributed by atoms with E-state index in [1.165, 1.54) is 0 Å². The molecule has 9 nitrogen and oxygen atoms in total. The lowest BCUT2D eigenvalue weighted by molar-refractivity contribution is -0.151. The summed E-state index contributed by atoms with van der Waals surface area (Å²) in [5.41, 5.74) is -0.690. The van der Waals surface area contributed by atoms with Crippen LogP contribution in [0.4, 0.5) is 4.79 Å². The molecule has 1 saturated heterocycles. The van der Waals surface area contributed by atoms with Crippen LogP contribution in [-0.2, 0) is 24.7 Å². The van der Waals surface area contributed by atoms with Crippen LogP contribution in [0.2, 0.25) is 0 Å². The molecule has 2 aliphatic heterocycles. The van der Waals surface area contributed by atoms with Gasteiger partial charge in [0.05, 0.1) is 6.61 Å². The number of carbonyl (C=O) groups is 4. The minimum absolute atomic E-state index is 0.261. The van der Waals surface area contributed by atoms with Crippen molar-refractivity contribution in [2.45, 2.75) is 25.8 Å². The minimum atomic E-state index is -1.25. The number of amides is 4. The summed E-state index contributed by atoms with van der Waals surface area (Å²) < 4.78 is 10.4. The van der Waals surface area contributed by atoms with Crippen LogP contribution in [0, 0.1) is 5.92 Å². The summed E-state index contributed by atoms with van der Waals surface area (Å²) in [6.07, 6.45) is 0.262. The highest BCUT2D eigenvalue weighted by Gasteiger charge is 2.55. The molecule has 150 valence electrons. The summed E-state index contributed by atoms with van der Waals surface area (Å²) in [4.78, 5) is 49.9. The smallest absolute Gasteiger partial charge is 0.326 e. The second-order valence-corrected chi connectivity index (χ2v) is 7.18. The Bertz CT molecular complexity index is 809. The maximum absolute atomic E-state index is 13.0. The van der Waals surface area contributed by atoms with E-state index in [1.54, 1.807) is 24.3 Å². The Morgan fingerprint density at radius 2 is 2.07 bits per heavy atom. The lowest BCUT2D eigenvalue weighted by Crippen LogP contribution is -2.47. The second kappa shape index (κ2) is 7.87. The molecule has 0 aromatic heterocycles. The first-order valence-corrected chi connectivity index (χ1v) is 9.12. The van der Waals surface area contributed by atoms with Gasteiger partial charge in [-0.05, 0) is 12.0 Å². The monoisotopic (exact) mass is 389 g/mol. The van der Waals surface area contributed by atoms with Gasteiger partial charge in [0.15, 0.2) is 12.1 Å². The van der Waals surface area contributed by atoms with Crippen LogP contribution < -0.4 is 15.4 Å². The summed E-state index contributed by atoms with van der Waals surface area (Å²) >= 11 is 0. The van der Waals surface area contributed by atoms with Gasteiger partial charge in [-0.1, -0.05) is 32.0 Å². The molecule has 0 unspecified atom stereocenters. The maximum atomic E-state index is 13.0. The fourth-order valence-electron chi connectivity index (χ4n) is 3.21. The molecular formula is C19H23N3O6. The van der Waals surface area contributed by atoms with Gasteiger partial charge in [-0.2, -0.15) is 0 Å². The fourth-order valence-corrected chi connectivity index (χ4v) is 3.21. The minimum Gasteiger partial charge on any atom is -0.493 e. The number of imide groups is 1. The van der Waals surface area contributed by atoms with Crippen LogP contribution in [0.5, 0.6) is 5.75 Å². The molecule has 1 atom stereocenters. The van der Waals surface area contributed by atoms with Crippen molar-refractivity contribution in [1.82, 2.24) is 15.5 Å². The average molecular weight is 389 g/mol. The van der Waals surface area contributed by atoms with E-state index in [1.807, 2.05) is 13.8 Å². The van der Waals surface area contributed by atoms with Gasteiger partial charge in [0.25, 0.3) is 11.8 Å². The van der Waals surface area contributed by atoms with Crippen LogP contribution >= 0.6 is 0 Å². The number of para-hydroxylation sites is 1. The molecule has 1 aromatic carbocycles. The van der Waals surface area contributed by atoms with Gasteiger partial charge >= 0.3 is 12.0 Å².